The van der Waals surface area contributed by atoms with Gasteiger partial charge in [0.2, 0.25) is 0 Å². The average Bonchev–Trinajstić information content (AvgIpc) is 2.91. The molecule has 6 heteroatoms. The van der Waals surface area contributed by atoms with Crippen molar-refractivity contribution in [2.75, 3.05) is 18.0 Å². The SMILES string of the molecule is O=C(OCc1ccccc1)N1CC2CCC(C1)N2c1cc(Cl)ccc1F. The predicted molar refractivity (Wildman–Crippen MR) is 98.9 cm³/mol. The minimum atomic E-state index is -0.308. The molecule has 2 saturated heterocycles. The summed E-state index contributed by atoms with van der Waals surface area (Å²) in [6, 6.07) is 14.4. The summed E-state index contributed by atoms with van der Waals surface area (Å²) in [7, 11) is 0. The molecular weight excluding hydrogens is 355 g/mol. The Bertz CT molecular complexity index is 788. The number of carbonyl (C=O) groups excluding carboxylic acids is 1. The summed E-state index contributed by atoms with van der Waals surface area (Å²) in [6.45, 7) is 1.34. The fourth-order valence-electron chi connectivity index (χ4n) is 3.94. The lowest BCUT2D eigenvalue weighted by molar-refractivity contribution is 0.0880. The smallest absolute Gasteiger partial charge is 0.410 e. The normalized spacial score (nSPS) is 21.8. The van der Waals surface area contributed by atoms with E-state index in [4.69, 9.17) is 16.3 Å². The van der Waals surface area contributed by atoms with Crippen molar-refractivity contribution < 1.29 is 13.9 Å². The lowest BCUT2D eigenvalue weighted by Gasteiger charge is -2.42. The van der Waals surface area contributed by atoms with Gasteiger partial charge in [-0.2, -0.15) is 0 Å². The fraction of sp³-hybridized carbons (Fsp3) is 0.350. The van der Waals surface area contributed by atoms with Crippen LogP contribution in [0, 0.1) is 5.82 Å². The number of nitrogens with zero attached hydrogens (tertiary/aromatic N) is 2. The molecule has 2 heterocycles. The monoisotopic (exact) mass is 374 g/mol. The van der Waals surface area contributed by atoms with Gasteiger partial charge in [-0.15, -0.1) is 0 Å². The van der Waals surface area contributed by atoms with Crippen LogP contribution >= 0.6 is 11.6 Å². The first-order valence-corrected chi connectivity index (χ1v) is 9.18. The topological polar surface area (TPSA) is 32.8 Å². The molecule has 0 saturated carbocycles. The minimum absolute atomic E-state index is 0.0889. The maximum atomic E-state index is 14.3. The van der Waals surface area contributed by atoms with Gasteiger partial charge in [0, 0.05) is 30.2 Å². The van der Waals surface area contributed by atoms with E-state index in [0.29, 0.717) is 23.8 Å². The van der Waals surface area contributed by atoms with Gasteiger partial charge in [0.1, 0.15) is 12.4 Å². The first-order valence-electron chi connectivity index (χ1n) is 8.81. The number of carbonyl (C=O) groups is 1. The van der Waals surface area contributed by atoms with E-state index >= 15 is 0 Å². The molecule has 0 aliphatic carbocycles. The molecule has 4 nitrogen and oxygen atoms in total. The van der Waals surface area contributed by atoms with Crippen molar-refractivity contribution in [1.82, 2.24) is 4.90 Å². The molecule has 2 fully saturated rings. The van der Waals surface area contributed by atoms with Crippen molar-refractivity contribution in [3.63, 3.8) is 0 Å². The van der Waals surface area contributed by atoms with Crippen molar-refractivity contribution in [1.29, 1.82) is 0 Å². The third kappa shape index (κ3) is 3.36. The molecule has 2 unspecified atom stereocenters. The molecule has 2 aromatic carbocycles. The van der Waals surface area contributed by atoms with E-state index in [1.807, 2.05) is 30.3 Å². The number of ether oxygens (including phenoxy) is 1. The Hall–Kier alpha value is -2.27. The Morgan fingerprint density at radius 2 is 1.81 bits per heavy atom. The van der Waals surface area contributed by atoms with Crippen LogP contribution in [0.2, 0.25) is 5.02 Å². The van der Waals surface area contributed by atoms with E-state index in [0.717, 1.165) is 18.4 Å². The summed E-state index contributed by atoms with van der Waals surface area (Å²) in [6.07, 6.45) is 1.55. The van der Waals surface area contributed by atoms with Gasteiger partial charge in [-0.1, -0.05) is 41.9 Å². The van der Waals surface area contributed by atoms with Crippen LogP contribution in [-0.4, -0.2) is 36.2 Å². The molecule has 0 radical (unpaired) electrons. The predicted octanol–water partition coefficient (Wildman–Crippen LogP) is 4.47. The average molecular weight is 375 g/mol. The number of amides is 1. The summed E-state index contributed by atoms with van der Waals surface area (Å²) < 4.78 is 19.7. The van der Waals surface area contributed by atoms with Gasteiger partial charge in [-0.05, 0) is 36.6 Å². The molecule has 2 aromatic rings. The summed E-state index contributed by atoms with van der Waals surface area (Å²) in [5.41, 5.74) is 1.49. The zero-order chi connectivity index (χ0) is 18.1. The molecule has 2 aliphatic heterocycles. The molecule has 2 atom stereocenters. The number of benzene rings is 2. The van der Waals surface area contributed by atoms with Gasteiger partial charge in [0.25, 0.3) is 0 Å². The van der Waals surface area contributed by atoms with Crippen LogP contribution in [0.3, 0.4) is 0 Å². The van der Waals surface area contributed by atoms with Crippen molar-refractivity contribution in [3.8, 4) is 0 Å². The Morgan fingerprint density at radius 3 is 2.50 bits per heavy atom. The van der Waals surface area contributed by atoms with Crippen molar-refractivity contribution in [3.05, 3.63) is 64.9 Å². The molecule has 26 heavy (non-hydrogen) atoms. The molecule has 0 spiro atoms. The number of likely N-dealkylation sites (tertiary alicyclic amines) is 1. The molecule has 1 amide bonds. The number of hydrogen-bond donors (Lipinski definition) is 0. The standard InChI is InChI=1S/C20H20ClFN2O2/c21-15-6-9-18(22)19(10-15)24-16-7-8-17(24)12-23(11-16)20(25)26-13-14-4-2-1-3-5-14/h1-6,9-10,16-17H,7-8,11-13H2. The zero-order valence-corrected chi connectivity index (χ0v) is 15.0. The van der Waals surface area contributed by atoms with Gasteiger partial charge < -0.3 is 14.5 Å². The highest BCUT2D eigenvalue weighted by Gasteiger charge is 2.42. The Balaban J connectivity index is 1.43. The van der Waals surface area contributed by atoms with Crippen LogP contribution in [0.25, 0.3) is 0 Å². The van der Waals surface area contributed by atoms with Gasteiger partial charge in [0.15, 0.2) is 0 Å². The molecule has 2 aliphatic rings. The second-order valence-electron chi connectivity index (χ2n) is 6.83. The summed E-state index contributed by atoms with van der Waals surface area (Å²) >= 11 is 6.05. The second-order valence-corrected chi connectivity index (χ2v) is 7.27. The number of rotatable bonds is 3. The third-order valence-corrected chi connectivity index (χ3v) is 5.37. The van der Waals surface area contributed by atoms with Gasteiger partial charge in [-0.25, -0.2) is 9.18 Å². The molecule has 136 valence electrons. The van der Waals surface area contributed by atoms with Crippen LogP contribution in [-0.2, 0) is 11.3 Å². The quantitative estimate of drug-likeness (QED) is 0.794. The van der Waals surface area contributed by atoms with Crippen molar-refractivity contribution in [2.45, 2.75) is 31.5 Å². The van der Waals surface area contributed by atoms with Crippen LogP contribution in [0.15, 0.2) is 48.5 Å². The lowest BCUT2D eigenvalue weighted by Crippen LogP contribution is -2.55. The Morgan fingerprint density at radius 1 is 1.12 bits per heavy atom. The number of anilines is 1. The van der Waals surface area contributed by atoms with Crippen LogP contribution in [0.1, 0.15) is 18.4 Å². The van der Waals surface area contributed by atoms with Crippen molar-refractivity contribution >= 4 is 23.4 Å². The van der Waals surface area contributed by atoms with Crippen LogP contribution < -0.4 is 4.90 Å². The molecule has 0 N–H and O–H groups in total. The Kier molecular flexibility index (Phi) is 4.72. The molecule has 0 aromatic heterocycles. The Labute approximate surface area is 157 Å². The molecular formula is C20H20ClFN2O2. The van der Waals surface area contributed by atoms with Crippen LogP contribution in [0.4, 0.5) is 14.9 Å². The molecule has 2 bridgehead atoms. The second kappa shape index (κ2) is 7.16. The summed E-state index contributed by atoms with van der Waals surface area (Å²) in [4.78, 5) is 16.3. The molecule has 4 rings (SSSR count). The third-order valence-electron chi connectivity index (χ3n) is 5.13. The van der Waals surface area contributed by atoms with E-state index in [9.17, 15) is 9.18 Å². The van der Waals surface area contributed by atoms with E-state index in [2.05, 4.69) is 4.90 Å². The first kappa shape index (κ1) is 17.2. The number of halogens is 2. The van der Waals surface area contributed by atoms with E-state index in [-0.39, 0.29) is 30.6 Å². The van der Waals surface area contributed by atoms with E-state index in [1.165, 1.54) is 6.07 Å². The largest absolute Gasteiger partial charge is 0.445 e. The summed E-state index contributed by atoms with van der Waals surface area (Å²) in [5, 5.41) is 0.519. The number of piperazine rings is 1. The van der Waals surface area contributed by atoms with E-state index < -0.39 is 0 Å². The number of fused-ring (bicyclic) bond motifs is 2. The van der Waals surface area contributed by atoms with Crippen LogP contribution in [0.5, 0.6) is 0 Å². The highest BCUT2D eigenvalue weighted by Crippen LogP contribution is 2.37. The maximum absolute atomic E-state index is 14.3. The van der Waals surface area contributed by atoms with Gasteiger partial charge in [0.05, 0.1) is 5.69 Å². The van der Waals surface area contributed by atoms with Crippen molar-refractivity contribution in [2.24, 2.45) is 0 Å². The first-order chi connectivity index (χ1) is 12.6. The number of hydrogen-bond acceptors (Lipinski definition) is 3. The highest BCUT2D eigenvalue weighted by atomic mass is 35.5. The van der Waals surface area contributed by atoms with Gasteiger partial charge >= 0.3 is 6.09 Å². The lowest BCUT2D eigenvalue weighted by atomic mass is 10.1. The maximum Gasteiger partial charge on any atom is 0.410 e. The van der Waals surface area contributed by atoms with E-state index in [1.54, 1.807) is 17.0 Å². The minimum Gasteiger partial charge on any atom is -0.445 e. The fourth-order valence-corrected chi connectivity index (χ4v) is 4.11. The zero-order valence-electron chi connectivity index (χ0n) is 14.3. The summed E-state index contributed by atoms with van der Waals surface area (Å²) in [5.74, 6) is -0.272. The van der Waals surface area contributed by atoms with Gasteiger partial charge in [-0.3, -0.25) is 0 Å². The highest BCUT2D eigenvalue weighted by molar-refractivity contribution is 6.30.